The molecule has 2 heterocycles. The van der Waals surface area contributed by atoms with E-state index in [1.165, 1.54) is 4.57 Å². The Morgan fingerprint density at radius 2 is 1.52 bits per heavy atom. The highest BCUT2D eigenvalue weighted by atomic mass is 19.1. The van der Waals surface area contributed by atoms with Crippen molar-refractivity contribution in [1.82, 2.24) is 9.88 Å². The molecule has 1 aromatic heterocycles. The van der Waals surface area contributed by atoms with Crippen molar-refractivity contribution in [3.8, 4) is 17.2 Å². The first kappa shape index (κ1) is 28.4. The normalized spacial score (nSPS) is 18.8. The first-order chi connectivity index (χ1) is 18.7. The number of nitrogen functional groups attached to an aromatic ring is 1. The zero-order chi connectivity index (χ0) is 29.6. The number of carbonyl (C=O) groups is 2. The van der Waals surface area contributed by atoms with Crippen molar-refractivity contribution >= 4 is 34.2 Å². The van der Waals surface area contributed by atoms with Crippen molar-refractivity contribution in [1.29, 1.82) is 0 Å². The first-order valence-electron chi connectivity index (χ1n) is 12.3. The number of halogens is 2. The number of piperazine rings is 1. The zero-order valence-electron chi connectivity index (χ0n) is 21.5. The highest BCUT2D eigenvalue weighted by molar-refractivity contribution is 5.99. The van der Waals surface area contributed by atoms with Gasteiger partial charge < -0.3 is 46.1 Å². The van der Waals surface area contributed by atoms with E-state index in [4.69, 9.17) is 26.2 Å². The molecule has 40 heavy (non-hydrogen) atoms. The number of fused-ring (bicyclic) bond motifs is 1. The maximum atomic E-state index is 15.6. The molecule has 5 rings (SSSR count). The molecule has 2 aromatic carbocycles. The van der Waals surface area contributed by atoms with Crippen molar-refractivity contribution in [2.45, 2.75) is 44.8 Å². The molecule has 8 N–H and O–H groups in total. The minimum Gasteiger partial charge on any atom is -0.504 e. The van der Waals surface area contributed by atoms with Gasteiger partial charge in [0.05, 0.1) is 22.2 Å². The number of aromatic hydroxyl groups is 3. The van der Waals surface area contributed by atoms with E-state index in [1.807, 2.05) is 13.8 Å². The largest absolute Gasteiger partial charge is 0.504 e. The molecular weight excluding hydrogens is 534 g/mol. The van der Waals surface area contributed by atoms with Crippen molar-refractivity contribution in [3.05, 3.63) is 51.3 Å². The van der Waals surface area contributed by atoms with Crippen LogP contribution < -0.4 is 21.4 Å². The smallest absolute Gasteiger partial charge is 0.341 e. The Balaban J connectivity index is 0.000000259. The summed E-state index contributed by atoms with van der Waals surface area (Å²) in [5.74, 6) is -6.67. The summed E-state index contributed by atoms with van der Waals surface area (Å²) in [6.45, 7) is 4.60. The van der Waals surface area contributed by atoms with Crippen LogP contribution in [0.4, 0.5) is 20.2 Å². The van der Waals surface area contributed by atoms with Crippen LogP contribution in [0.2, 0.25) is 0 Å². The maximum Gasteiger partial charge on any atom is 0.341 e. The van der Waals surface area contributed by atoms with Crippen LogP contribution in [0.25, 0.3) is 10.9 Å². The SMILES string of the molecule is C[C@@H]1CN(c2c(F)c(N)c3c(=O)c(C(=O)O)cn(C4CC4)c3c2F)C[C@H](C)N1.O=C(O)c1cc(O)c(O)c(O)c1. The molecule has 0 bridgehead atoms. The van der Waals surface area contributed by atoms with Gasteiger partial charge in [-0.2, -0.15) is 0 Å². The number of aromatic nitrogens is 1. The minimum absolute atomic E-state index is 0.0134. The molecule has 0 unspecified atom stereocenters. The molecule has 1 saturated heterocycles. The van der Waals surface area contributed by atoms with Gasteiger partial charge in [0, 0.05) is 37.4 Å². The maximum absolute atomic E-state index is 15.6. The van der Waals surface area contributed by atoms with Gasteiger partial charge in [-0.1, -0.05) is 0 Å². The van der Waals surface area contributed by atoms with Gasteiger partial charge in [-0.25, -0.2) is 18.4 Å². The van der Waals surface area contributed by atoms with Crippen LogP contribution in [-0.2, 0) is 0 Å². The molecule has 2 fully saturated rings. The number of nitrogens with one attached hydrogen (secondary N) is 1. The number of rotatable bonds is 4. The lowest BCUT2D eigenvalue weighted by Crippen LogP contribution is -2.54. The molecule has 2 atom stereocenters. The molecule has 14 heteroatoms. The van der Waals surface area contributed by atoms with Crippen LogP contribution in [0.15, 0.2) is 23.1 Å². The Morgan fingerprint density at radius 3 is 2.00 bits per heavy atom. The third-order valence-electron chi connectivity index (χ3n) is 6.73. The number of nitrogens with two attached hydrogens (primary N) is 1. The van der Waals surface area contributed by atoms with Crippen LogP contribution in [0.5, 0.6) is 17.2 Å². The predicted octanol–water partition coefficient (Wildman–Crippen LogP) is 2.58. The fourth-order valence-electron chi connectivity index (χ4n) is 4.86. The second-order valence-electron chi connectivity index (χ2n) is 9.97. The van der Waals surface area contributed by atoms with E-state index < -0.39 is 62.9 Å². The average Bonchev–Trinajstić information content (AvgIpc) is 3.70. The van der Waals surface area contributed by atoms with Gasteiger partial charge in [0.1, 0.15) is 11.3 Å². The lowest BCUT2D eigenvalue weighted by molar-refractivity contribution is 0.0684. The number of carboxylic acid groups (broad SMARTS) is 2. The highest BCUT2D eigenvalue weighted by Crippen LogP contribution is 2.42. The molecule has 1 aliphatic carbocycles. The van der Waals surface area contributed by atoms with E-state index in [2.05, 4.69) is 5.32 Å². The Morgan fingerprint density at radius 1 is 0.975 bits per heavy atom. The van der Waals surface area contributed by atoms with Crippen LogP contribution in [0.3, 0.4) is 0 Å². The number of hydrogen-bond donors (Lipinski definition) is 7. The second-order valence-corrected chi connectivity index (χ2v) is 9.97. The highest BCUT2D eigenvalue weighted by Gasteiger charge is 2.34. The number of phenols is 3. The molecule has 3 aromatic rings. The Bertz CT molecular complexity index is 1550. The summed E-state index contributed by atoms with van der Waals surface area (Å²) in [5, 5.41) is 47.2. The van der Waals surface area contributed by atoms with Crippen LogP contribution in [-0.4, -0.2) is 67.2 Å². The van der Waals surface area contributed by atoms with Gasteiger partial charge in [-0.3, -0.25) is 4.79 Å². The van der Waals surface area contributed by atoms with Gasteiger partial charge in [-0.15, -0.1) is 0 Å². The third kappa shape index (κ3) is 5.17. The van der Waals surface area contributed by atoms with E-state index in [0.717, 1.165) is 31.2 Å². The van der Waals surface area contributed by atoms with E-state index in [0.29, 0.717) is 13.1 Å². The number of phenolic OH excluding ortho intramolecular Hbond substituents is 3. The van der Waals surface area contributed by atoms with Gasteiger partial charge in [0.25, 0.3) is 0 Å². The average molecular weight is 563 g/mol. The van der Waals surface area contributed by atoms with E-state index >= 15 is 8.78 Å². The summed E-state index contributed by atoms with van der Waals surface area (Å²) in [7, 11) is 0. The summed E-state index contributed by atoms with van der Waals surface area (Å²) in [4.78, 5) is 36.0. The van der Waals surface area contributed by atoms with Crippen molar-refractivity contribution in [2.24, 2.45) is 0 Å². The quantitative estimate of drug-likeness (QED) is 0.182. The van der Waals surface area contributed by atoms with Gasteiger partial charge in [-0.05, 0) is 38.8 Å². The number of benzene rings is 2. The molecule has 1 saturated carbocycles. The Hall–Kier alpha value is -4.59. The molecule has 0 spiro atoms. The summed E-state index contributed by atoms with van der Waals surface area (Å²) < 4.78 is 32.2. The molecular formula is C26H28F2N4O8. The van der Waals surface area contributed by atoms with Crippen LogP contribution in [0, 0.1) is 11.6 Å². The summed E-state index contributed by atoms with van der Waals surface area (Å²) in [6, 6.07) is 1.59. The van der Waals surface area contributed by atoms with Crippen LogP contribution >= 0.6 is 0 Å². The molecule has 2 aliphatic rings. The Labute approximate surface area is 225 Å². The number of hydrogen-bond acceptors (Lipinski definition) is 9. The lowest BCUT2D eigenvalue weighted by Gasteiger charge is -2.38. The zero-order valence-corrected chi connectivity index (χ0v) is 21.5. The molecule has 0 radical (unpaired) electrons. The summed E-state index contributed by atoms with van der Waals surface area (Å²) in [6.07, 6.45) is 2.60. The fourth-order valence-corrected chi connectivity index (χ4v) is 4.86. The van der Waals surface area contributed by atoms with Crippen molar-refractivity contribution in [2.75, 3.05) is 23.7 Å². The van der Waals surface area contributed by atoms with Crippen molar-refractivity contribution in [3.63, 3.8) is 0 Å². The minimum atomic E-state index is -1.45. The van der Waals surface area contributed by atoms with Crippen LogP contribution in [0.1, 0.15) is 53.4 Å². The van der Waals surface area contributed by atoms with Crippen molar-refractivity contribution < 1.29 is 43.9 Å². The molecule has 12 nitrogen and oxygen atoms in total. The molecule has 1 aliphatic heterocycles. The predicted molar refractivity (Wildman–Crippen MR) is 140 cm³/mol. The van der Waals surface area contributed by atoms with E-state index in [9.17, 15) is 19.5 Å². The van der Waals surface area contributed by atoms with Gasteiger partial charge >= 0.3 is 11.9 Å². The third-order valence-corrected chi connectivity index (χ3v) is 6.73. The lowest BCUT2D eigenvalue weighted by atomic mass is 10.0. The molecule has 214 valence electrons. The second kappa shape index (κ2) is 10.5. The standard InChI is InChI=1S/C19H22F2N4O3.C7H6O5/c1-8-5-24(6-9(2)23-8)17-13(20)15(22)12-16(14(17)21)25(10-3-4-10)7-11(18(12)26)19(27)28;8-4-1-3(7(11)12)2-5(9)6(4)10/h7-10,23H,3-6,22H2,1-2H3,(H,27,28);1-2,8-10H,(H,11,12)/t8-,9+;. The number of pyridine rings is 1. The first-order valence-corrected chi connectivity index (χ1v) is 12.3. The Kier molecular flexibility index (Phi) is 7.48. The number of carboxylic acids is 2. The molecule has 0 amide bonds. The monoisotopic (exact) mass is 562 g/mol. The number of anilines is 2. The topological polar surface area (TPSA) is 199 Å². The van der Waals surface area contributed by atoms with E-state index in [1.54, 1.807) is 4.90 Å². The van der Waals surface area contributed by atoms with Gasteiger partial charge in [0.2, 0.25) is 5.43 Å². The summed E-state index contributed by atoms with van der Waals surface area (Å²) in [5.41, 5.74) is 3.25. The number of aromatic carboxylic acids is 2. The van der Waals surface area contributed by atoms with Gasteiger partial charge in [0.15, 0.2) is 28.9 Å². The van der Waals surface area contributed by atoms with E-state index in [-0.39, 0.29) is 34.9 Å². The summed E-state index contributed by atoms with van der Waals surface area (Å²) >= 11 is 0. The fraction of sp³-hybridized carbons (Fsp3) is 0.346. The number of nitrogens with zero attached hydrogens (tertiary/aromatic N) is 2.